The van der Waals surface area contributed by atoms with Gasteiger partial charge in [0, 0.05) is 6.08 Å². The molecule has 0 heterocycles. The van der Waals surface area contributed by atoms with E-state index in [0.29, 0.717) is 0 Å². The van der Waals surface area contributed by atoms with Gasteiger partial charge in [0.2, 0.25) is 0 Å². The Morgan fingerprint density at radius 2 is 1.62 bits per heavy atom. The van der Waals surface area contributed by atoms with Gasteiger partial charge in [0.05, 0.1) is 12.7 Å². The van der Waals surface area contributed by atoms with Crippen LogP contribution >= 0.6 is 0 Å². The van der Waals surface area contributed by atoms with E-state index >= 15 is 0 Å². The first kappa shape index (κ1) is 17.2. The van der Waals surface area contributed by atoms with Crippen LogP contribution in [0.1, 0.15) is 12.0 Å². The highest BCUT2D eigenvalue weighted by molar-refractivity contribution is 5.87. The van der Waals surface area contributed by atoms with Crippen molar-refractivity contribution in [3.8, 4) is 11.1 Å². The minimum absolute atomic E-state index is 0.00261. The van der Waals surface area contributed by atoms with Gasteiger partial charge in [-0.3, -0.25) is 4.79 Å². The highest BCUT2D eigenvalue weighted by Crippen LogP contribution is 2.19. The van der Waals surface area contributed by atoms with Gasteiger partial charge in [0.15, 0.2) is 0 Å². The van der Waals surface area contributed by atoms with Gasteiger partial charge in [-0.2, -0.15) is 0 Å². The largest absolute Gasteiger partial charge is 0.462 e. The van der Waals surface area contributed by atoms with Crippen LogP contribution in [0.2, 0.25) is 0 Å². The monoisotopic (exact) mass is 322 g/mol. The molecule has 24 heavy (non-hydrogen) atoms. The fraction of sp³-hybridized carbons (Fsp3) is 0.100. The lowest BCUT2D eigenvalue weighted by Gasteiger charge is -2.02. The lowest BCUT2D eigenvalue weighted by atomic mass is 10.0. The van der Waals surface area contributed by atoms with Crippen molar-refractivity contribution in [2.24, 2.45) is 0 Å². The Labute approximate surface area is 141 Å². The molecular formula is C20H18O4. The van der Waals surface area contributed by atoms with Gasteiger partial charge in [-0.15, -0.1) is 0 Å². The van der Waals surface area contributed by atoms with Gasteiger partial charge >= 0.3 is 11.9 Å². The number of hydrogen-bond donors (Lipinski definition) is 0. The number of carbonyl (C=O) groups excluding carboxylic acids is 2. The molecule has 2 rings (SSSR count). The predicted octanol–water partition coefficient (Wildman–Crippen LogP) is 3.99. The summed E-state index contributed by atoms with van der Waals surface area (Å²) in [6.45, 7) is 3.25. The molecule has 0 amide bonds. The molecular weight excluding hydrogens is 304 g/mol. The SMILES string of the molecule is C=COC(=O)CCOC(=O)C=Cc1ccc(-c2ccccc2)cc1. The summed E-state index contributed by atoms with van der Waals surface area (Å²) in [4.78, 5) is 22.6. The maximum Gasteiger partial charge on any atom is 0.330 e. The molecule has 4 nitrogen and oxygen atoms in total. The number of esters is 2. The fourth-order valence-corrected chi connectivity index (χ4v) is 2.02. The second-order valence-electron chi connectivity index (χ2n) is 4.90. The first-order chi connectivity index (χ1) is 11.7. The number of rotatable bonds is 7. The van der Waals surface area contributed by atoms with E-state index in [1.165, 1.54) is 6.08 Å². The maximum absolute atomic E-state index is 11.6. The van der Waals surface area contributed by atoms with Gasteiger partial charge in [0.25, 0.3) is 0 Å². The van der Waals surface area contributed by atoms with Gasteiger partial charge in [0.1, 0.15) is 6.61 Å². The summed E-state index contributed by atoms with van der Waals surface area (Å²) < 4.78 is 9.43. The van der Waals surface area contributed by atoms with E-state index in [0.717, 1.165) is 23.0 Å². The molecule has 0 saturated heterocycles. The zero-order valence-corrected chi connectivity index (χ0v) is 13.2. The molecule has 4 heteroatoms. The molecule has 2 aromatic carbocycles. The Hall–Kier alpha value is -3.14. The van der Waals surface area contributed by atoms with Crippen molar-refractivity contribution in [1.82, 2.24) is 0 Å². The topological polar surface area (TPSA) is 52.6 Å². The molecule has 0 radical (unpaired) electrons. The molecule has 122 valence electrons. The van der Waals surface area contributed by atoms with E-state index in [2.05, 4.69) is 11.3 Å². The standard InChI is InChI=1S/C20H18O4/c1-2-23-20(22)14-15-24-19(21)13-10-16-8-11-18(12-9-16)17-6-4-3-5-7-17/h2-13H,1,14-15H2. The lowest BCUT2D eigenvalue weighted by molar-refractivity contribution is -0.143. The molecule has 2 aromatic rings. The van der Waals surface area contributed by atoms with Gasteiger partial charge in [-0.05, 0) is 22.8 Å². The molecule has 0 aliphatic rings. The van der Waals surface area contributed by atoms with E-state index in [4.69, 9.17) is 4.74 Å². The summed E-state index contributed by atoms with van der Waals surface area (Å²) in [7, 11) is 0. The number of carbonyl (C=O) groups is 2. The molecule has 0 unspecified atom stereocenters. The Kier molecular flexibility index (Phi) is 6.53. The molecule has 0 aliphatic heterocycles. The molecule has 0 fully saturated rings. The van der Waals surface area contributed by atoms with Crippen LogP contribution in [0.15, 0.2) is 73.5 Å². The van der Waals surface area contributed by atoms with Crippen LogP contribution in [0.25, 0.3) is 17.2 Å². The van der Waals surface area contributed by atoms with Crippen LogP contribution in [-0.2, 0) is 19.1 Å². The number of ether oxygens (including phenoxy) is 2. The van der Waals surface area contributed by atoms with E-state index in [1.54, 1.807) is 6.08 Å². The highest BCUT2D eigenvalue weighted by atomic mass is 16.5. The summed E-state index contributed by atoms with van der Waals surface area (Å²) in [6, 6.07) is 17.9. The van der Waals surface area contributed by atoms with Gasteiger partial charge in [-0.25, -0.2) is 4.79 Å². The van der Waals surface area contributed by atoms with Crippen molar-refractivity contribution in [3.05, 3.63) is 79.1 Å². The summed E-state index contributed by atoms with van der Waals surface area (Å²) in [5, 5.41) is 0. The van der Waals surface area contributed by atoms with Crippen LogP contribution in [-0.4, -0.2) is 18.5 Å². The highest BCUT2D eigenvalue weighted by Gasteiger charge is 2.03. The van der Waals surface area contributed by atoms with Crippen molar-refractivity contribution < 1.29 is 19.1 Å². The van der Waals surface area contributed by atoms with Crippen molar-refractivity contribution in [2.75, 3.05) is 6.61 Å². The van der Waals surface area contributed by atoms with E-state index in [1.807, 2.05) is 54.6 Å². The molecule has 0 saturated carbocycles. The molecule has 0 aromatic heterocycles. The summed E-state index contributed by atoms with van der Waals surface area (Å²) in [5.74, 6) is -0.994. The van der Waals surface area contributed by atoms with E-state index in [9.17, 15) is 9.59 Å². The zero-order valence-electron chi connectivity index (χ0n) is 13.2. The van der Waals surface area contributed by atoms with Crippen LogP contribution in [0, 0.1) is 0 Å². The minimum Gasteiger partial charge on any atom is -0.462 e. The van der Waals surface area contributed by atoms with Crippen LogP contribution in [0.4, 0.5) is 0 Å². The fourth-order valence-electron chi connectivity index (χ4n) is 2.02. The average Bonchev–Trinajstić information content (AvgIpc) is 2.61. The zero-order chi connectivity index (χ0) is 17.2. The smallest absolute Gasteiger partial charge is 0.330 e. The number of benzene rings is 2. The third-order valence-corrected chi connectivity index (χ3v) is 3.19. The quantitative estimate of drug-likeness (QED) is 0.439. The number of hydrogen-bond acceptors (Lipinski definition) is 4. The Morgan fingerprint density at radius 1 is 0.958 bits per heavy atom. The lowest BCUT2D eigenvalue weighted by Crippen LogP contribution is -2.08. The van der Waals surface area contributed by atoms with Gasteiger partial charge in [-0.1, -0.05) is 61.2 Å². The molecule has 0 N–H and O–H groups in total. The van der Waals surface area contributed by atoms with E-state index in [-0.39, 0.29) is 13.0 Å². The van der Waals surface area contributed by atoms with Crippen molar-refractivity contribution in [1.29, 1.82) is 0 Å². The summed E-state index contributed by atoms with van der Waals surface area (Å²) >= 11 is 0. The second-order valence-corrected chi connectivity index (χ2v) is 4.90. The average molecular weight is 322 g/mol. The predicted molar refractivity (Wildman–Crippen MR) is 92.8 cm³/mol. The molecule has 0 aliphatic carbocycles. The summed E-state index contributed by atoms with van der Waals surface area (Å²) in [6.07, 6.45) is 4.04. The third kappa shape index (κ3) is 5.57. The van der Waals surface area contributed by atoms with Crippen molar-refractivity contribution >= 4 is 18.0 Å². The first-order valence-electron chi connectivity index (χ1n) is 7.50. The maximum atomic E-state index is 11.6. The molecule has 0 bridgehead atoms. The Balaban J connectivity index is 1.84. The third-order valence-electron chi connectivity index (χ3n) is 3.19. The minimum atomic E-state index is -0.506. The van der Waals surface area contributed by atoms with Crippen molar-refractivity contribution in [3.63, 3.8) is 0 Å². The Bertz CT molecular complexity index is 715. The summed E-state index contributed by atoms with van der Waals surface area (Å²) in [5.41, 5.74) is 3.13. The first-order valence-corrected chi connectivity index (χ1v) is 7.50. The normalized spacial score (nSPS) is 10.3. The van der Waals surface area contributed by atoms with Crippen LogP contribution < -0.4 is 0 Å². The second kappa shape index (κ2) is 9.10. The Morgan fingerprint density at radius 3 is 2.29 bits per heavy atom. The molecule has 0 atom stereocenters. The molecule has 0 spiro atoms. The van der Waals surface area contributed by atoms with E-state index < -0.39 is 11.9 Å². The van der Waals surface area contributed by atoms with Crippen LogP contribution in [0.5, 0.6) is 0 Å². The van der Waals surface area contributed by atoms with Crippen LogP contribution in [0.3, 0.4) is 0 Å². The van der Waals surface area contributed by atoms with Crippen molar-refractivity contribution in [2.45, 2.75) is 6.42 Å². The van der Waals surface area contributed by atoms with Gasteiger partial charge < -0.3 is 9.47 Å².